The molecule has 0 amide bonds. The number of rotatable bonds is 4. The standard InChI is InChI=1S/C14H16F3NO3/c1-9-3-4-11(7-10(9)2)13(14(15,16)17)18-21-8-12-19-5-6-20-12/h3-4,7,12H,5-6,8H2,1-2H3. The van der Waals surface area contributed by atoms with Crippen molar-refractivity contribution in [2.24, 2.45) is 5.16 Å². The third kappa shape index (κ3) is 4.18. The van der Waals surface area contributed by atoms with Crippen LogP contribution >= 0.6 is 0 Å². The number of alkyl halides is 3. The molecule has 1 saturated heterocycles. The Bertz CT molecular complexity index is 523. The number of benzene rings is 1. The summed E-state index contributed by atoms with van der Waals surface area (Å²) in [6.45, 7) is 4.20. The van der Waals surface area contributed by atoms with E-state index in [0.717, 1.165) is 11.1 Å². The molecule has 2 rings (SSSR count). The highest BCUT2D eigenvalue weighted by Crippen LogP contribution is 2.24. The Morgan fingerprint density at radius 3 is 2.48 bits per heavy atom. The zero-order valence-corrected chi connectivity index (χ0v) is 11.7. The Kier molecular flexibility index (Phi) is 4.84. The summed E-state index contributed by atoms with van der Waals surface area (Å²) >= 11 is 0. The smallest absolute Gasteiger partial charge is 0.390 e. The summed E-state index contributed by atoms with van der Waals surface area (Å²) in [6, 6.07) is 4.43. The Morgan fingerprint density at radius 2 is 1.90 bits per heavy atom. The lowest BCUT2D eigenvalue weighted by molar-refractivity contribution is -0.0979. The van der Waals surface area contributed by atoms with Crippen LogP contribution in [0.5, 0.6) is 0 Å². The summed E-state index contributed by atoms with van der Waals surface area (Å²) in [7, 11) is 0. The lowest BCUT2D eigenvalue weighted by Crippen LogP contribution is -2.25. The van der Waals surface area contributed by atoms with Crippen molar-refractivity contribution in [2.75, 3.05) is 19.8 Å². The van der Waals surface area contributed by atoms with E-state index in [4.69, 9.17) is 14.3 Å². The molecule has 1 heterocycles. The average Bonchev–Trinajstić information content (AvgIpc) is 2.90. The summed E-state index contributed by atoms with van der Waals surface area (Å²) in [5.41, 5.74) is 0.573. The molecule has 0 aliphatic carbocycles. The molecule has 0 N–H and O–H groups in total. The molecule has 21 heavy (non-hydrogen) atoms. The van der Waals surface area contributed by atoms with Crippen molar-refractivity contribution in [1.29, 1.82) is 0 Å². The second-order valence-electron chi connectivity index (χ2n) is 4.70. The van der Waals surface area contributed by atoms with E-state index in [1.165, 1.54) is 12.1 Å². The van der Waals surface area contributed by atoms with Gasteiger partial charge in [0, 0.05) is 5.56 Å². The van der Waals surface area contributed by atoms with E-state index in [0.29, 0.717) is 13.2 Å². The van der Waals surface area contributed by atoms with Gasteiger partial charge in [-0.05, 0) is 31.0 Å². The van der Waals surface area contributed by atoms with Gasteiger partial charge in [0.05, 0.1) is 13.2 Å². The molecule has 0 atom stereocenters. The fourth-order valence-electron chi connectivity index (χ4n) is 1.82. The molecule has 0 spiro atoms. The molecule has 1 aliphatic rings. The highest BCUT2D eigenvalue weighted by molar-refractivity contribution is 6.04. The van der Waals surface area contributed by atoms with Crippen molar-refractivity contribution < 1.29 is 27.5 Å². The third-order valence-electron chi connectivity index (χ3n) is 3.11. The van der Waals surface area contributed by atoms with E-state index in [9.17, 15) is 13.2 Å². The van der Waals surface area contributed by atoms with Crippen molar-refractivity contribution in [3.8, 4) is 0 Å². The number of halogens is 3. The van der Waals surface area contributed by atoms with Crippen LogP contribution in [0.2, 0.25) is 0 Å². The zero-order chi connectivity index (χ0) is 15.5. The maximum absolute atomic E-state index is 13.1. The maximum Gasteiger partial charge on any atom is 0.437 e. The van der Waals surface area contributed by atoms with Gasteiger partial charge in [-0.15, -0.1) is 0 Å². The molecule has 0 aromatic heterocycles. The van der Waals surface area contributed by atoms with Crippen molar-refractivity contribution in [2.45, 2.75) is 26.3 Å². The SMILES string of the molecule is Cc1ccc(C(=NOCC2OCCO2)C(F)(F)F)cc1C. The van der Waals surface area contributed by atoms with Crippen LogP contribution in [0.4, 0.5) is 13.2 Å². The van der Waals surface area contributed by atoms with Gasteiger partial charge in [0.15, 0.2) is 18.6 Å². The lowest BCUT2D eigenvalue weighted by Gasteiger charge is -2.13. The third-order valence-corrected chi connectivity index (χ3v) is 3.11. The summed E-state index contributed by atoms with van der Waals surface area (Å²) < 4.78 is 49.3. The molecule has 1 aliphatic heterocycles. The first-order valence-corrected chi connectivity index (χ1v) is 6.46. The van der Waals surface area contributed by atoms with Crippen molar-refractivity contribution >= 4 is 5.71 Å². The first-order chi connectivity index (χ1) is 9.88. The number of oxime groups is 1. The molecular formula is C14H16F3NO3. The van der Waals surface area contributed by atoms with Gasteiger partial charge in [-0.2, -0.15) is 13.2 Å². The molecule has 0 saturated carbocycles. The lowest BCUT2D eigenvalue weighted by atomic mass is 10.0. The van der Waals surface area contributed by atoms with Crippen LogP contribution in [0.3, 0.4) is 0 Å². The van der Waals surface area contributed by atoms with Crippen molar-refractivity contribution in [3.63, 3.8) is 0 Å². The Hall–Kier alpha value is -1.60. The first kappa shape index (κ1) is 15.8. The molecule has 116 valence electrons. The maximum atomic E-state index is 13.1. The minimum Gasteiger partial charge on any atom is -0.390 e. The van der Waals surface area contributed by atoms with Crippen LogP contribution < -0.4 is 0 Å². The van der Waals surface area contributed by atoms with Gasteiger partial charge >= 0.3 is 6.18 Å². The van der Waals surface area contributed by atoms with Gasteiger partial charge in [-0.25, -0.2) is 0 Å². The monoisotopic (exact) mass is 303 g/mol. The van der Waals surface area contributed by atoms with Gasteiger partial charge in [0.25, 0.3) is 0 Å². The van der Waals surface area contributed by atoms with E-state index in [1.54, 1.807) is 13.0 Å². The predicted molar refractivity (Wildman–Crippen MR) is 70.2 cm³/mol. The van der Waals surface area contributed by atoms with Gasteiger partial charge in [0.2, 0.25) is 0 Å². The van der Waals surface area contributed by atoms with Gasteiger partial charge in [-0.3, -0.25) is 0 Å². The summed E-state index contributed by atoms with van der Waals surface area (Å²) in [5.74, 6) is 0. The largest absolute Gasteiger partial charge is 0.437 e. The van der Waals surface area contributed by atoms with Crippen LogP contribution in [-0.2, 0) is 14.3 Å². The van der Waals surface area contributed by atoms with Gasteiger partial charge < -0.3 is 14.3 Å². The minimum absolute atomic E-state index is 0.0288. The predicted octanol–water partition coefficient (Wildman–Crippen LogP) is 2.96. The quantitative estimate of drug-likeness (QED) is 0.634. The Labute approximate surface area is 120 Å². The molecule has 7 heteroatoms. The fraction of sp³-hybridized carbons (Fsp3) is 0.500. The molecule has 0 bridgehead atoms. The van der Waals surface area contributed by atoms with E-state index in [-0.39, 0.29) is 12.2 Å². The normalized spacial score (nSPS) is 17.3. The van der Waals surface area contributed by atoms with E-state index < -0.39 is 18.2 Å². The number of ether oxygens (including phenoxy) is 2. The average molecular weight is 303 g/mol. The van der Waals surface area contributed by atoms with E-state index in [1.807, 2.05) is 6.92 Å². The second-order valence-corrected chi connectivity index (χ2v) is 4.70. The highest BCUT2D eigenvalue weighted by atomic mass is 19.4. The first-order valence-electron chi connectivity index (χ1n) is 6.46. The summed E-state index contributed by atoms with van der Waals surface area (Å²) in [6.07, 6.45) is -5.26. The fourth-order valence-corrected chi connectivity index (χ4v) is 1.82. The molecule has 1 fully saturated rings. The number of hydrogen-bond acceptors (Lipinski definition) is 4. The summed E-state index contributed by atoms with van der Waals surface area (Å²) in [5, 5.41) is 3.23. The number of nitrogens with zero attached hydrogens (tertiary/aromatic N) is 1. The number of aryl methyl sites for hydroxylation is 2. The number of hydrogen-bond donors (Lipinski definition) is 0. The van der Waals surface area contributed by atoms with E-state index >= 15 is 0 Å². The topological polar surface area (TPSA) is 40.0 Å². The zero-order valence-electron chi connectivity index (χ0n) is 11.7. The highest BCUT2D eigenvalue weighted by Gasteiger charge is 2.38. The minimum atomic E-state index is -4.60. The van der Waals surface area contributed by atoms with E-state index in [2.05, 4.69) is 5.16 Å². The van der Waals surface area contributed by atoms with Gasteiger partial charge in [-0.1, -0.05) is 17.3 Å². The Morgan fingerprint density at radius 1 is 1.24 bits per heavy atom. The molecular weight excluding hydrogens is 287 g/mol. The molecule has 0 unspecified atom stereocenters. The molecule has 0 radical (unpaired) electrons. The molecule has 4 nitrogen and oxygen atoms in total. The van der Waals surface area contributed by atoms with Crippen molar-refractivity contribution in [3.05, 3.63) is 34.9 Å². The van der Waals surface area contributed by atoms with Gasteiger partial charge in [0.1, 0.15) is 0 Å². The Balaban J connectivity index is 2.15. The molecule has 1 aromatic carbocycles. The van der Waals surface area contributed by atoms with Crippen LogP contribution in [-0.4, -0.2) is 38.0 Å². The van der Waals surface area contributed by atoms with Crippen molar-refractivity contribution in [1.82, 2.24) is 0 Å². The van der Waals surface area contributed by atoms with Crippen LogP contribution in [0.25, 0.3) is 0 Å². The van der Waals surface area contributed by atoms with Crippen LogP contribution in [0.15, 0.2) is 23.4 Å². The summed E-state index contributed by atoms with van der Waals surface area (Å²) in [4.78, 5) is 4.75. The molecule has 1 aromatic rings. The van der Waals surface area contributed by atoms with Crippen LogP contribution in [0.1, 0.15) is 16.7 Å². The van der Waals surface area contributed by atoms with Crippen LogP contribution in [0, 0.1) is 13.8 Å². The second kappa shape index (κ2) is 6.44.